The molecule has 6 nitrogen and oxygen atoms in total. The molecular weight excluding hydrogens is 392 g/mol. The molecule has 31 heavy (non-hydrogen) atoms. The number of ether oxygens (including phenoxy) is 1. The minimum Gasteiger partial charge on any atom is -0.451 e. The number of carbonyl (C=O) groups excluding carboxylic acids is 3. The van der Waals surface area contributed by atoms with Gasteiger partial charge in [-0.2, -0.15) is 0 Å². The number of fused-ring (bicyclic) bond motifs is 1. The number of amides is 2. The minimum absolute atomic E-state index is 0.172. The predicted molar refractivity (Wildman–Crippen MR) is 120 cm³/mol. The molecule has 2 amide bonds. The summed E-state index contributed by atoms with van der Waals surface area (Å²) in [6.07, 6.45) is 2.42. The van der Waals surface area contributed by atoms with E-state index >= 15 is 0 Å². The molecule has 0 unspecified atom stereocenters. The van der Waals surface area contributed by atoms with Gasteiger partial charge in [-0.3, -0.25) is 9.59 Å². The Morgan fingerprint density at radius 2 is 1.68 bits per heavy atom. The van der Waals surface area contributed by atoms with Crippen LogP contribution in [-0.4, -0.2) is 29.9 Å². The van der Waals surface area contributed by atoms with Crippen molar-refractivity contribution >= 4 is 23.5 Å². The van der Waals surface area contributed by atoms with Gasteiger partial charge in [0.15, 0.2) is 6.10 Å². The molecule has 0 heterocycles. The smallest absolute Gasteiger partial charge is 0.329 e. The van der Waals surface area contributed by atoms with E-state index in [1.807, 2.05) is 62.4 Å². The lowest BCUT2D eigenvalue weighted by Crippen LogP contribution is -2.47. The highest BCUT2D eigenvalue weighted by Gasteiger charge is 2.29. The van der Waals surface area contributed by atoms with Crippen LogP contribution in [0.15, 0.2) is 48.5 Å². The summed E-state index contributed by atoms with van der Waals surface area (Å²) in [5, 5.41) is 5.56. The Morgan fingerprint density at radius 3 is 2.39 bits per heavy atom. The van der Waals surface area contributed by atoms with Crippen LogP contribution in [0.3, 0.4) is 0 Å². The molecule has 0 aliphatic heterocycles. The lowest BCUT2D eigenvalue weighted by Gasteiger charge is -2.23. The van der Waals surface area contributed by atoms with Gasteiger partial charge in [-0.1, -0.05) is 50.2 Å². The Hall–Kier alpha value is -3.15. The fourth-order valence-corrected chi connectivity index (χ4v) is 3.70. The SMILES string of the molecule is CC(C)[C@H](NC(=O)Cc1ccccc1)C(=O)O[C@@H](C)C(=O)Nc1ccc2c(c1)CCC2. The van der Waals surface area contributed by atoms with Gasteiger partial charge in [0.1, 0.15) is 6.04 Å². The number of nitrogens with one attached hydrogen (secondary N) is 2. The maximum absolute atomic E-state index is 12.7. The van der Waals surface area contributed by atoms with Gasteiger partial charge in [-0.05, 0) is 60.9 Å². The third kappa shape index (κ3) is 6.17. The number of hydrogen-bond acceptors (Lipinski definition) is 4. The topological polar surface area (TPSA) is 84.5 Å². The van der Waals surface area contributed by atoms with Crippen LogP contribution in [0.5, 0.6) is 0 Å². The summed E-state index contributed by atoms with van der Waals surface area (Å²) in [6, 6.07) is 14.4. The zero-order valence-corrected chi connectivity index (χ0v) is 18.3. The Labute approximate surface area is 183 Å². The van der Waals surface area contributed by atoms with Gasteiger partial charge in [-0.15, -0.1) is 0 Å². The number of benzene rings is 2. The first-order valence-corrected chi connectivity index (χ1v) is 10.8. The van der Waals surface area contributed by atoms with Gasteiger partial charge in [-0.25, -0.2) is 4.79 Å². The average molecular weight is 423 g/mol. The van der Waals surface area contributed by atoms with Gasteiger partial charge < -0.3 is 15.4 Å². The summed E-state index contributed by atoms with van der Waals surface area (Å²) in [7, 11) is 0. The number of anilines is 1. The maximum Gasteiger partial charge on any atom is 0.329 e. The van der Waals surface area contributed by atoms with Gasteiger partial charge in [0, 0.05) is 5.69 Å². The second-order valence-corrected chi connectivity index (χ2v) is 8.36. The molecule has 164 valence electrons. The molecule has 2 aromatic carbocycles. The quantitative estimate of drug-likeness (QED) is 0.639. The first-order valence-electron chi connectivity index (χ1n) is 10.8. The van der Waals surface area contributed by atoms with E-state index in [1.165, 1.54) is 18.1 Å². The molecule has 0 spiro atoms. The fraction of sp³-hybridized carbons (Fsp3) is 0.400. The van der Waals surface area contributed by atoms with Crippen molar-refractivity contribution in [2.24, 2.45) is 5.92 Å². The van der Waals surface area contributed by atoms with Crippen LogP contribution in [0.4, 0.5) is 5.69 Å². The number of aryl methyl sites for hydroxylation is 2. The number of rotatable bonds is 8. The second kappa shape index (κ2) is 10.2. The van der Waals surface area contributed by atoms with Crippen LogP contribution in [0.2, 0.25) is 0 Å². The van der Waals surface area contributed by atoms with E-state index in [1.54, 1.807) is 0 Å². The van der Waals surface area contributed by atoms with E-state index in [0.717, 1.165) is 24.8 Å². The van der Waals surface area contributed by atoms with Crippen molar-refractivity contribution in [1.82, 2.24) is 5.32 Å². The summed E-state index contributed by atoms with van der Waals surface area (Å²) in [6.45, 7) is 5.18. The molecule has 2 atom stereocenters. The summed E-state index contributed by atoms with van der Waals surface area (Å²) in [5.74, 6) is -1.46. The molecule has 0 bridgehead atoms. The molecule has 1 aliphatic rings. The Balaban J connectivity index is 1.55. The van der Waals surface area contributed by atoms with Crippen molar-refractivity contribution < 1.29 is 19.1 Å². The number of esters is 1. The highest BCUT2D eigenvalue weighted by Crippen LogP contribution is 2.25. The van der Waals surface area contributed by atoms with Crippen molar-refractivity contribution in [3.63, 3.8) is 0 Å². The van der Waals surface area contributed by atoms with E-state index < -0.39 is 24.0 Å². The molecule has 6 heteroatoms. The van der Waals surface area contributed by atoms with Crippen LogP contribution in [0.25, 0.3) is 0 Å². The Bertz CT molecular complexity index is 940. The molecule has 0 saturated carbocycles. The Morgan fingerprint density at radius 1 is 0.968 bits per heavy atom. The second-order valence-electron chi connectivity index (χ2n) is 8.36. The molecule has 3 rings (SSSR count). The summed E-state index contributed by atoms with van der Waals surface area (Å²) >= 11 is 0. The van der Waals surface area contributed by atoms with Gasteiger partial charge in [0.25, 0.3) is 5.91 Å². The first-order chi connectivity index (χ1) is 14.8. The molecule has 0 saturated heterocycles. The molecule has 0 radical (unpaired) electrons. The van der Waals surface area contributed by atoms with Crippen molar-refractivity contribution in [1.29, 1.82) is 0 Å². The largest absolute Gasteiger partial charge is 0.451 e. The van der Waals surface area contributed by atoms with Gasteiger partial charge in [0.05, 0.1) is 6.42 Å². The number of carbonyl (C=O) groups is 3. The number of hydrogen-bond donors (Lipinski definition) is 2. The summed E-state index contributed by atoms with van der Waals surface area (Å²) < 4.78 is 5.39. The van der Waals surface area contributed by atoms with Crippen LogP contribution in [-0.2, 0) is 38.4 Å². The highest BCUT2D eigenvalue weighted by atomic mass is 16.5. The molecule has 1 aliphatic carbocycles. The standard InChI is InChI=1S/C25H30N2O4/c1-16(2)23(27-22(28)14-18-8-5-4-6-9-18)25(30)31-17(3)24(29)26-21-13-12-19-10-7-11-20(19)15-21/h4-6,8-9,12-13,15-17,23H,7,10-11,14H2,1-3H3,(H,26,29)(H,27,28)/t17-,23-/m0/s1. The zero-order chi connectivity index (χ0) is 22.4. The van der Waals surface area contributed by atoms with Crippen molar-refractivity contribution in [3.05, 3.63) is 65.2 Å². The first kappa shape index (κ1) is 22.5. The van der Waals surface area contributed by atoms with E-state index in [0.29, 0.717) is 5.69 Å². The lowest BCUT2D eigenvalue weighted by atomic mass is 10.0. The predicted octanol–water partition coefficient (Wildman–Crippen LogP) is 3.43. The van der Waals surface area contributed by atoms with Crippen LogP contribution in [0.1, 0.15) is 43.9 Å². The van der Waals surface area contributed by atoms with E-state index in [2.05, 4.69) is 10.6 Å². The molecular formula is C25H30N2O4. The molecule has 0 fully saturated rings. The van der Waals surface area contributed by atoms with Crippen molar-refractivity contribution in [2.45, 2.75) is 58.6 Å². The van der Waals surface area contributed by atoms with Crippen LogP contribution >= 0.6 is 0 Å². The highest BCUT2D eigenvalue weighted by molar-refractivity contribution is 5.96. The molecule has 0 aromatic heterocycles. The lowest BCUT2D eigenvalue weighted by molar-refractivity contribution is -0.157. The summed E-state index contributed by atoms with van der Waals surface area (Å²) in [5.41, 5.74) is 4.13. The zero-order valence-electron chi connectivity index (χ0n) is 18.3. The van der Waals surface area contributed by atoms with Crippen molar-refractivity contribution in [3.8, 4) is 0 Å². The van der Waals surface area contributed by atoms with Gasteiger partial charge in [0.2, 0.25) is 5.91 Å². The maximum atomic E-state index is 12.7. The fourth-order valence-electron chi connectivity index (χ4n) is 3.70. The van der Waals surface area contributed by atoms with Crippen LogP contribution in [0, 0.1) is 5.92 Å². The average Bonchev–Trinajstić information content (AvgIpc) is 3.20. The Kier molecular flexibility index (Phi) is 7.45. The minimum atomic E-state index is -0.979. The monoisotopic (exact) mass is 422 g/mol. The molecule has 2 aromatic rings. The van der Waals surface area contributed by atoms with E-state index in [4.69, 9.17) is 4.74 Å². The van der Waals surface area contributed by atoms with Crippen molar-refractivity contribution in [2.75, 3.05) is 5.32 Å². The van der Waals surface area contributed by atoms with Gasteiger partial charge >= 0.3 is 5.97 Å². The van der Waals surface area contributed by atoms with E-state index in [-0.39, 0.29) is 18.2 Å². The summed E-state index contributed by atoms with van der Waals surface area (Å²) in [4.78, 5) is 37.6. The normalized spacial score (nSPS) is 14.5. The van der Waals surface area contributed by atoms with E-state index in [9.17, 15) is 14.4 Å². The third-order valence-corrected chi connectivity index (χ3v) is 5.47. The third-order valence-electron chi connectivity index (χ3n) is 5.47. The molecule has 2 N–H and O–H groups in total. The van der Waals surface area contributed by atoms with Crippen LogP contribution < -0.4 is 10.6 Å².